The first-order valence-corrected chi connectivity index (χ1v) is 15.0. The second kappa shape index (κ2) is 14.0. The molecule has 5 rings (SSSR count). The summed E-state index contributed by atoms with van der Waals surface area (Å²) in [4.78, 5) is 10.9. The van der Waals surface area contributed by atoms with E-state index in [-0.39, 0.29) is 16.6 Å². The van der Waals surface area contributed by atoms with Crippen molar-refractivity contribution in [3.8, 4) is 6.07 Å². The predicted molar refractivity (Wildman–Crippen MR) is 175 cm³/mol. The summed E-state index contributed by atoms with van der Waals surface area (Å²) in [6.45, 7) is 10.9. The number of anilines is 3. The molecule has 4 aromatic rings. The number of nitriles is 1. The summed E-state index contributed by atoms with van der Waals surface area (Å²) < 4.78 is 15.8. The molecule has 0 spiro atoms. The fraction of sp³-hybridized carbons (Fsp3) is 0.281. The molecule has 2 aromatic heterocycles. The third-order valence-corrected chi connectivity index (χ3v) is 8.26. The summed E-state index contributed by atoms with van der Waals surface area (Å²) in [5, 5.41) is 26.7. The Morgan fingerprint density at radius 2 is 2.00 bits per heavy atom. The van der Waals surface area contributed by atoms with Crippen LogP contribution in [0.1, 0.15) is 50.0 Å². The Kier molecular flexibility index (Phi) is 9.90. The molecule has 0 saturated carbocycles. The zero-order valence-corrected chi connectivity index (χ0v) is 25.9. The maximum absolute atomic E-state index is 13.8. The standard InChI is InChI=1S/C32H32Cl2FN9/c1-4-6-20(17-37-3)31(29-19-44(42-41-29)24-9-11-43(5-2)12-10-24)40-23-13-25-30(39-22-7-8-28(35)26(33)14-22)21(16-36)18-38-32(25)27(34)15-23/h4,6-8,13-15,17-19,24,31,40H,3,5,9-12H2,1-2H3,(H,38,39)/b6-4-,20-17+. The van der Waals surface area contributed by atoms with Crippen molar-refractivity contribution in [2.75, 3.05) is 30.3 Å². The van der Waals surface area contributed by atoms with Crippen molar-refractivity contribution in [2.24, 2.45) is 4.99 Å². The van der Waals surface area contributed by atoms with Crippen LogP contribution in [0.25, 0.3) is 10.9 Å². The molecule has 2 N–H and O–H groups in total. The Morgan fingerprint density at radius 3 is 2.68 bits per heavy atom. The quantitative estimate of drug-likeness (QED) is 0.135. The first kappa shape index (κ1) is 31.1. The number of fused-ring (bicyclic) bond motifs is 1. The molecule has 226 valence electrons. The van der Waals surface area contributed by atoms with Gasteiger partial charge in [0.15, 0.2) is 0 Å². The molecule has 0 aliphatic carbocycles. The largest absolute Gasteiger partial charge is 0.373 e. The van der Waals surface area contributed by atoms with Gasteiger partial charge in [-0.1, -0.05) is 47.5 Å². The van der Waals surface area contributed by atoms with Gasteiger partial charge in [0.25, 0.3) is 0 Å². The summed E-state index contributed by atoms with van der Waals surface area (Å²) in [5.41, 5.74) is 3.91. The van der Waals surface area contributed by atoms with Crippen LogP contribution in [0, 0.1) is 17.1 Å². The van der Waals surface area contributed by atoms with E-state index in [0.717, 1.165) is 38.0 Å². The zero-order valence-electron chi connectivity index (χ0n) is 24.4. The first-order chi connectivity index (χ1) is 21.3. The van der Waals surface area contributed by atoms with Crippen LogP contribution in [0.15, 0.2) is 71.6 Å². The Morgan fingerprint density at radius 1 is 1.23 bits per heavy atom. The second-order valence-electron chi connectivity index (χ2n) is 10.4. The van der Waals surface area contributed by atoms with Gasteiger partial charge in [-0.15, -0.1) is 5.10 Å². The van der Waals surface area contributed by atoms with Crippen molar-refractivity contribution < 1.29 is 4.39 Å². The molecule has 9 nitrogen and oxygen atoms in total. The molecule has 3 heterocycles. The van der Waals surface area contributed by atoms with E-state index in [0.29, 0.717) is 38.7 Å². The molecular weight excluding hydrogens is 600 g/mol. The predicted octanol–water partition coefficient (Wildman–Crippen LogP) is 7.86. The molecule has 1 aliphatic rings. The van der Waals surface area contributed by atoms with Gasteiger partial charge in [-0.3, -0.25) is 9.98 Å². The maximum Gasteiger partial charge on any atom is 0.141 e. The lowest BCUT2D eigenvalue weighted by Gasteiger charge is -2.30. The molecule has 1 saturated heterocycles. The molecular formula is C32H32Cl2FN9. The molecule has 12 heteroatoms. The van der Waals surface area contributed by atoms with Gasteiger partial charge in [0, 0.05) is 42.2 Å². The zero-order chi connectivity index (χ0) is 31.2. The Balaban J connectivity index is 1.55. The molecule has 0 amide bonds. The van der Waals surface area contributed by atoms with Crippen molar-refractivity contribution in [2.45, 2.75) is 38.8 Å². The third kappa shape index (κ3) is 6.76. The summed E-state index contributed by atoms with van der Waals surface area (Å²) in [6, 6.07) is 9.88. The van der Waals surface area contributed by atoms with Crippen molar-refractivity contribution >= 4 is 57.9 Å². The smallest absolute Gasteiger partial charge is 0.141 e. The number of hydrogen-bond donors (Lipinski definition) is 2. The highest BCUT2D eigenvalue weighted by Crippen LogP contribution is 2.37. The van der Waals surface area contributed by atoms with E-state index in [2.05, 4.69) is 55.5 Å². The lowest BCUT2D eigenvalue weighted by Crippen LogP contribution is -2.34. The SMILES string of the molecule is C=N/C=C(\C=C/C)C(Nc1cc(Cl)c2ncc(C#N)c(Nc3ccc(F)c(Cl)c3)c2c1)c1cn(C2CCN(CC)CC2)nn1. The number of rotatable bonds is 10. The monoisotopic (exact) mass is 631 g/mol. The second-order valence-corrected chi connectivity index (χ2v) is 11.3. The molecule has 1 atom stereocenters. The van der Waals surface area contributed by atoms with E-state index in [1.54, 1.807) is 18.3 Å². The molecule has 0 bridgehead atoms. The fourth-order valence-electron chi connectivity index (χ4n) is 5.39. The molecule has 1 fully saturated rings. The Labute approximate surface area is 265 Å². The van der Waals surface area contributed by atoms with Crippen LogP contribution in [0.3, 0.4) is 0 Å². The van der Waals surface area contributed by atoms with Crippen molar-refractivity contribution in [1.29, 1.82) is 5.26 Å². The van der Waals surface area contributed by atoms with Crippen LogP contribution in [0.4, 0.5) is 21.5 Å². The van der Waals surface area contributed by atoms with Crippen LogP contribution >= 0.6 is 23.2 Å². The maximum atomic E-state index is 13.8. The number of nitrogens with one attached hydrogen (secondary N) is 2. The average molecular weight is 633 g/mol. The highest BCUT2D eigenvalue weighted by molar-refractivity contribution is 6.36. The number of hydrogen-bond acceptors (Lipinski definition) is 8. The number of aromatic nitrogens is 4. The van der Waals surface area contributed by atoms with Gasteiger partial charge in [0.1, 0.15) is 17.6 Å². The van der Waals surface area contributed by atoms with Crippen LogP contribution in [-0.4, -0.2) is 51.2 Å². The van der Waals surface area contributed by atoms with Gasteiger partial charge in [-0.2, -0.15) is 5.26 Å². The lowest BCUT2D eigenvalue weighted by atomic mass is 10.0. The number of aliphatic imine (C=N–C) groups is 1. The number of likely N-dealkylation sites (tertiary alicyclic amines) is 1. The minimum absolute atomic E-state index is 0.0433. The van der Waals surface area contributed by atoms with Gasteiger partial charge in [0.05, 0.1) is 45.1 Å². The van der Waals surface area contributed by atoms with Crippen molar-refractivity contribution in [1.82, 2.24) is 24.9 Å². The van der Waals surface area contributed by atoms with E-state index in [1.165, 1.54) is 18.3 Å². The van der Waals surface area contributed by atoms with Crippen molar-refractivity contribution in [3.05, 3.63) is 93.8 Å². The number of pyridine rings is 1. The van der Waals surface area contributed by atoms with Gasteiger partial charge < -0.3 is 15.5 Å². The van der Waals surface area contributed by atoms with Gasteiger partial charge >= 0.3 is 0 Å². The first-order valence-electron chi connectivity index (χ1n) is 14.3. The van der Waals surface area contributed by atoms with Crippen LogP contribution in [0.2, 0.25) is 10.0 Å². The summed E-state index contributed by atoms with van der Waals surface area (Å²) in [6.07, 6.45) is 11.0. The van der Waals surface area contributed by atoms with E-state index in [1.807, 2.05) is 36.0 Å². The minimum atomic E-state index is -0.541. The number of nitrogens with zero attached hydrogens (tertiary/aromatic N) is 7. The van der Waals surface area contributed by atoms with Crippen molar-refractivity contribution in [3.63, 3.8) is 0 Å². The normalized spacial score (nSPS) is 15.4. The van der Waals surface area contributed by atoms with E-state index < -0.39 is 11.9 Å². The fourth-order valence-corrected chi connectivity index (χ4v) is 5.84. The highest BCUT2D eigenvalue weighted by atomic mass is 35.5. The number of benzene rings is 2. The lowest BCUT2D eigenvalue weighted by molar-refractivity contribution is 0.186. The Hall–Kier alpha value is -4.30. The van der Waals surface area contributed by atoms with E-state index >= 15 is 0 Å². The average Bonchev–Trinajstić information content (AvgIpc) is 3.52. The summed E-state index contributed by atoms with van der Waals surface area (Å²) in [7, 11) is 0. The summed E-state index contributed by atoms with van der Waals surface area (Å²) >= 11 is 12.8. The van der Waals surface area contributed by atoms with Crippen LogP contribution < -0.4 is 10.6 Å². The topological polar surface area (TPSA) is 107 Å². The number of halogens is 3. The highest BCUT2D eigenvalue weighted by Gasteiger charge is 2.25. The molecule has 1 aliphatic heterocycles. The van der Waals surface area contributed by atoms with Crippen LogP contribution in [0.5, 0.6) is 0 Å². The third-order valence-electron chi connectivity index (χ3n) is 7.68. The summed E-state index contributed by atoms with van der Waals surface area (Å²) in [5.74, 6) is -0.541. The molecule has 2 aromatic carbocycles. The molecule has 0 radical (unpaired) electrons. The van der Waals surface area contributed by atoms with Gasteiger partial charge in [0.2, 0.25) is 0 Å². The van der Waals surface area contributed by atoms with Crippen LogP contribution in [-0.2, 0) is 0 Å². The number of piperidine rings is 1. The Bertz CT molecular complexity index is 1770. The van der Waals surface area contributed by atoms with E-state index in [4.69, 9.17) is 23.2 Å². The number of allylic oxidation sites excluding steroid dienone is 1. The molecule has 44 heavy (non-hydrogen) atoms. The molecule has 1 unspecified atom stereocenters. The van der Waals surface area contributed by atoms with Gasteiger partial charge in [-0.05, 0) is 68.9 Å². The minimum Gasteiger partial charge on any atom is -0.373 e. The van der Waals surface area contributed by atoms with E-state index in [9.17, 15) is 9.65 Å². The van der Waals surface area contributed by atoms with Gasteiger partial charge in [-0.25, -0.2) is 9.07 Å².